The van der Waals surface area contributed by atoms with E-state index in [0.717, 1.165) is 15.8 Å². The molecule has 0 bridgehead atoms. The largest absolute Gasteiger partial charge is 0.493 e. The van der Waals surface area contributed by atoms with E-state index < -0.39 is 0 Å². The number of halogens is 2. The summed E-state index contributed by atoms with van der Waals surface area (Å²) in [6.07, 6.45) is 0. The topological polar surface area (TPSA) is 18.5 Å². The SMILES string of the molecule is COc1ccccc1Oc1cc(Br)ccc1CCl. The molecule has 0 aliphatic rings. The van der Waals surface area contributed by atoms with Gasteiger partial charge in [0.15, 0.2) is 11.5 Å². The minimum Gasteiger partial charge on any atom is -0.493 e. The Morgan fingerprint density at radius 1 is 1.06 bits per heavy atom. The van der Waals surface area contributed by atoms with Gasteiger partial charge in [-0.3, -0.25) is 0 Å². The minimum absolute atomic E-state index is 0.401. The molecule has 0 fully saturated rings. The Morgan fingerprint density at radius 3 is 2.44 bits per heavy atom. The zero-order valence-electron chi connectivity index (χ0n) is 9.82. The predicted molar refractivity (Wildman–Crippen MR) is 76.8 cm³/mol. The number of hydrogen-bond donors (Lipinski definition) is 0. The Morgan fingerprint density at radius 2 is 1.78 bits per heavy atom. The molecule has 4 heteroatoms. The van der Waals surface area contributed by atoms with Crippen LogP contribution < -0.4 is 9.47 Å². The maximum absolute atomic E-state index is 5.90. The first-order valence-electron chi connectivity index (χ1n) is 5.40. The molecular formula is C14H12BrClO2. The zero-order chi connectivity index (χ0) is 13.0. The molecule has 0 radical (unpaired) electrons. The fourth-order valence-corrected chi connectivity index (χ4v) is 2.12. The molecule has 94 valence electrons. The van der Waals surface area contributed by atoms with E-state index in [9.17, 15) is 0 Å². The number of hydrogen-bond acceptors (Lipinski definition) is 2. The van der Waals surface area contributed by atoms with Crippen LogP contribution in [-0.4, -0.2) is 7.11 Å². The van der Waals surface area contributed by atoms with Gasteiger partial charge in [-0.1, -0.05) is 34.1 Å². The molecule has 2 nitrogen and oxygen atoms in total. The van der Waals surface area contributed by atoms with E-state index >= 15 is 0 Å². The van der Waals surface area contributed by atoms with Crippen LogP contribution in [0.15, 0.2) is 46.9 Å². The number of alkyl halides is 1. The van der Waals surface area contributed by atoms with Crippen molar-refractivity contribution >= 4 is 27.5 Å². The van der Waals surface area contributed by atoms with Gasteiger partial charge >= 0.3 is 0 Å². The zero-order valence-corrected chi connectivity index (χ0v) is 12.2. The maximum Gasteiger partial charge on any atom is 0.169 e. The molecule has 0 aliphatic carbocycles. The van der Waals surface area contributed by atoms with Crippen LogP contribution in [0.25, 0.3) is 0 Å². The molecule has 18 heavy (non-hydrogen) atoms. The molecule has 2 rings (SSSR count). The van der Waals surface area contributed by atoms with Gasteiger partial charge in [0.25, 0.3) is 0 Å². The summed E-state index contributed by atoms with van der Waals surface area (Å²) in [6, 6.07) is 13.3. The first kappa shape index (κ1) is 13.2. The van der Waals surface area contributed by atoms with Gasteiger partial charge in [0.05, 0.1) is 13.0 Å². The summed E-state index contributed by atoms with van der Waals surface area (Å²) >= 11 is 9.32. The summed E-state index contributed by atoms with van der Waals surface area (Å²) < 4.78 is 12.1. The van der Waals surface area contributed by atoms with Gasteiger partial charge in [-0.15, -0.1) is 11.6 Å². The normalized spacial score (nSPS) is 10.2. The number of ether oxygens (including phenoxy) is 2. The molecule has 0 aliphatic heterocycles. The Hall–Kier alpha value is -1.19. The van der Waals surface area contributed by atoms with Gasteiger partial charge in [0.2, 0.25) is 0 Å². The van der Waals surface area contributed by atoms with E-state index in [4.69, 9.17) is 21.1 Å². The van der Waals surface area contributed by atoms with Crippen molar-refractivity contribution in [2.24, 2.45) is 0 Å². The molecule has 0 spiro atoms. The van der Waals surface area contributed by atoms with Crippen molar-refractivity contribution < 1.29 is 9.47 Å². The second kappa shape index (κ2) is 6.12. The van der Waals surface area contributed by atoms with Crippen molar-refractivity contribution in [3.63, 3.8) is 0 Å². The highest BCUT2D eigenvalue weighted by Gasteiger charge is 2.08. The average Bonchev–Trinajstić information content (AvgIpc) is 2.40. The van der Waals surface area contributed by atoms with Crippen molar-refractivity contribution in [2.75, 3.05) is 7.11 Å². The Bertz CT molecular complexity index is 543. The molecule has 2 aromatic rings. The van der Waals surface area contributed by atoms with E-state index in [1.54, 1.807) is 7.11 Å². The number of rotatable bonds is 4. The lowest BCUT2D eigenvalue weighted by atomic mass is 10.2. The van der Waals surface area contributed by atoms with E-state index in [1.165, 1.54) is 0 Å². The molecule has 0 saturated carbocycles. The summed E-state index contributed by atoms with van der Waals surface area (Å²) in [6.45, 7) is 0. The van der Waals surface area contributed by atoms with Crippen LogP contribution in [0.1, 0.15) is 5.56 Å². The number of para-hydroxylation sites is 2. The third-order valence-corrected chi connectivity index (χ3v) is 3.24. The third kappa shape index (κ3) is 2.98. The number of methoxy groups -OCH3 is 1. The fraction of sp³-hybridized carbons (Fsp3) is 0.143. The highest BCUT2D eigenvalue weighted by Crippen LogP contribution is 2.34. The van der Waals surface area contributed by atoms with Crippen LogP contribution in [0.2, 0.25) is 0 Å². The smallest absolute Gasteiger partial charge is 0.169 e. The van der Waals surface area contributed by atoms with E-state index in [0.29, 0.717) is 17.4 Å². The molecule has 0 N–H and O–H groups in total. The van der Waals surface area contributed by atoms with Gasteiger partial charge < -0.3 is 9.47 Å². The van der Waals surface area contributed by atoms with Gasteiger partial charge in [-0.05, 0) is 24.3 Å². The van der Waals surface area contributed by atoms with E-state index in [-0.39, 0.29) is 0 Å². The highest BCUT2D eigenvalue weighted by atomic mass is 79.9. The standard InChI is InChI=1S/C14H12BrClO2/c1-17-12-4-2-3-5-13(12)18-14-8-11(15)7-6-10(14)9-16/h2-8H,9H2,1H3. The van der Waals surface area contributed by atoms with Crippen molar-refractivity contribution in [3.05, 3.63) is 52.5 Å². The molecule has 2 aromatic carbocycles. The van der Waals surface area contributed by atoms with Crippen LogP contribution in [0.5, 0.6) is 17.2 Å². The molecule has 0 saturated heterocycles. The summed E-state index contributed by atoms with van der Waals surface area (Å²) in [5.41, 5.74) is 0.936. The van der Waals surface area contributed by atoms with Crippen LogP contribution in [0.4, 0.5) is 0 Å². The second-order valence-corrected chi connectivity index (χ2v) is 4.82. The predicted octanol–water partition coefficient (Wildman–Crippen LogP) is 4.99. The van der Waals surface area contributed by atoms with Gasteiger partial charge in [-0.2, -0.15) is 0 Å². The van der Waals surface area contributed by atoms with Gasteiger partial charge in [0, 0.05) is 10.0 Å². The van der Waals surface area contributed by atoms with Crippen molar-refractivity contribution in [1.82, 2.24) is 0 Å². The lowest BCUT2D eigenvalue weighted by Gasteiger charge is -2.12. The molecule has 0 aromatic heterocycles. The Kier molecular flexibility index (Phi) is 4.50. The van der Waals surface area contributed by atoms with Crippen LogP contribution >= 0.6 is 27.5 Å². The van der Waals surface area contributed by atoms with Crippen LogP contribution in [0.3, 0.4) is 0 Å². The Labute approximate surface area is 120 Å². The molecular weight excluding hydrogens is 316 g/mol. The summed E-state index contributed by atoms with van der Waals surface area (Å²) in [5.74, 6) is 2.49. The van der Waals surface area contributed by atoms with Crippen LogP contribution in [0, 0.1) is 0 Å². The molecule has 0 amide bonds. The second-order valence-electron chi connectivity index (χ2n) is 3.64. The van der Waals surface area contributed by atoms with Gasteiger partial charge in [0.1, 0.15) is 5.75 Å². The average molecular weight is 328 g/mol. The molecule has 0 heterocycles. The number of benzene rings is 2. The summed E-state index contributed by atoms with van der Waals surface area (Å²) in [7, 11) is 1.62. The van der Waals surface area contributed by atoms with E-state index in [1.807, 2.05) is 42.5 Å². The van der Waals surface area contributed by atoms with Crippen molar-refractivity contribution in [1.29, 1.82) is 0 Å². The molecule has 0 unspecified atom stereocenters. The maximum atomic E-state index is 5.90. The van der Waals surface area contributed by atoms with Gasteiger partial charge in [-0.25, -0.2) is 0 Å². The van der Waals surface area contributed by atoms with Crippen LogP contribution in [-0.2, 0) is 5.88 Å². The third-order valence-electron chi connectivity index (χ3n) is 2.46. The quantitative estimate of drug-likeness (QED) is 0.737. The highest BCUT2D eigenvalue weighted by molar-refractivity contribution is 9.10. The molecule has 0 atom stereocenters. The Balaban J connectivity index is 2.36. The summed E-state index contributed by atoms with van der Waals surface area (Å²) in [5, 5.41) is 0. The first-order valence-corrected chi connectivity index (χ1v) is 6.72. The summed E-state index contributed by atoms with van der Waals surface area (Å²) in [4.78, 5) is 0. The minimum atomic E-state index is 0.401. The first-order chi connectivity index (χ1) is 8.74. The monoisotopic (exact) mass is 326 g/mol. The van der Waals surface area contributed by atoms with Crippen molar-refractivity contribution in [2.45, 2.75) is 5.88 Å². The lowest BCUT2D eigenvalue weighted by molar-refractivity contribution is 0.378. The van der Waals surface area contributed by atoms with E-state index in [2.05, 4.69) is 15.9 Å². The fourth-order valence-electron chi connectivity index (χ4n) is 1.56. The van der Waals surface area contributed by atoms with Crippen molar-refractivity contribution in [3.8, 4) is 17.2 Å². The lowest BCUT2D eigenvalue weighted by Crippen LogP contribution is -1.92.